The van der Waals surface area contributed by atoms with Gasteiger partial charge in [-0.3, -0.25) is 4.79 Å². The van der Waals surface area contributed by atoms with Crippen LogP contribution in [-0.2, 0) is 4.79 Å². The second-order valence-corrected chi connectivity index (χ2v) is 6.11. The highest BCUT2D eigenvalue weighted by atomic mass is 79.9. The van der Waals surface area contributed by atoms with E-state index < -0.39 is 0 Å². The van der Waals surface area contributed by atoms with Crippen LogP contribution in [0.4, 0.5) is 11.4 Å². The topological polar surface area (TPSA) is 59.6 Å². The number of methoxy groups -OCH3 is 2. The fraction of sp³-hybridized carbons (Fsp3) is 0.278. The van der Waals surface area contributed by atoms with Gasteiger partial charge in [-0.1, -0.05) is 15.9 Å². The summed E-state index contributed by atoms with van der Waals surface area (Å²) in [5.74, 6) is 1.16. The molecule has 2 aromatic rings. The first kappa shape index (κ1) is 18.1. The summed E-state index contributed by atoms with van der Waals surface area (Å²) < 4.78 is 11.5. The van der Waals surface area contributed by atoms with E-state index in [9.17, 15) is 4.79 Å². The van der Waals surface area contributed by atoms with E-state index in [0.29, 0.717) is 30.2 Å². The number of hydrogen-bond acceptors (Lipinski definition) is 4. The average Bonchev–Trinajstić information content (AvgIpc) is 2.58. The van der Waals surface area contributed by atoms with Crippen LogP contribution in [0.5, 0.6) is 11.5 Å². The fourth-order valence-electron chi connectivity index (χ4n) is 2.20. The van der Waals surface area contributed by atoms with Crippen molar-refractivity contribution in [2.45, 2.75) is 13.3 Å². The number of halogens is 1. The number of ether oxygens (including phenoxy) is 2. The van der Waals surface area contributed by atoms with E-state index in [0.717, 1.165) is 15.7 Å². The van der Waals surface area contributed by atoms with Gasteiger partial charge in [-0.25, -0.2) is 0 Å². The second-order valence-electron chi connectivity index (χ2n) is 5.26. The summed E-state index contributed by atoms with van der Waals surface area (Å²) in [6.07, 6.45) is 0.343. The van der Waals surface area contributed by atoms with E-state index in [-0.39, 0.29) is 5.91 Å². The average molecular weight is 393 g/mol. The Morgan fingerprint density at radius 3 is 2.58 bits per heavy atom. The van der Waals surface area contributed by atoms with Crippen molar-refractivity contribution in [3.8, 4) is 11.5 Å². The molecule has 2 aromatic carbocycles. The monoisotopic (exact) mass is 392 g/mol. The molecule has 1 amide bonds. The smallest absolute Gasteiger partial charge is 0.226 e. The summed E-state index contributed by atoms with van der Waals surface area (Å²) in [7, 11) is 3.15. The summed E-state index contributed by atoms with van der Waals surface area (Å²) >= 11 is 3.47. The van der Waals surface area contributed by atoms with Crippen molar-refractivity contribution < 1.29 is 14.3 Å². The lowest BCUT2D eigenvalue weighted by Crippen LogP contribution is -2.16. The molecule has 0 aliphatic rings. The molecule has 6 heteroatoms. The second kappa shape index (κ2) is 8.59. The number of aryl methyl sites for hydroxylation is 1. The molecule has 0 radical (unpaired) electrons. The van der Waals surface area contributed by atoms with E-state index in [1.165, 1.54) is 0 Å². The maximum atomic E-state index is 12.1. The summed E-state index contributed by atoms with van der Waals surface area (Å²) in [6.45, 7) is 2.57. The predicted octanol–water partition coefficient (Wildman–Crippen LogP) is 4.22. The van der Waals surface area contributed by atoms with Crippen LogP contribution in [0.3, 0.4) is 0 Å². The van der Waals surface area contributed by atoms with Crippen molar-refractivity contribution >= 4 is 33.2 Å². The molecule has 0 heterocycles. The molecule has 0 aliphatic heterocycles. The lowest BCUT2D eigenvalue weighted by molar-refractivity contribution is -0.115. The standard InChI is InChI=1S/C18H21BrN2O3/c1-12-10-13(4-6-15(12)19)20-9-8-18(22)21-16-11-14(23-2)5-7-17(16)24-3/h4-7,10-11,20H,8-9H2,1-3H3,(H,21,22). The molecule has 0 saturated heterocycles. The first-order valence-corrected chi connectivity index (χ1v) is 8.34. The number of carbonyl (C=O) groups excluding carboxylic acids is 1. The van der Waals surface area contributed by atoms with E-state index in [2.05, 4.69) is 26.6 Å². The Morgan fingerprint density at radius 1 is 1.12 bits per heavy atom. The minimum atomic E-state index is -0.0945. The Balaban J connectivity index is 1.90. The molecule has 0 atom stereocenters. The highest BCUT2D eigenvalue weighted by Crippen LogP contribution is 2.29. The lowest BCUT2D eigenvalue weighted by atomic mass is 10.2. The van der Waals surface area contributed by atoms with E-state index in [1.54, 1.807) is 32.4 Å². The van der Waals surface area contributed by atoms with Crippen molar-refractivity contribution in [3.63, 3.8) is 0 Å². The molecule has 0 aliphatic carbocycles. The molecule has 2 rings (SSSR count). The van der Waals surface area contributed by atoms with Crippen LogP contribution >= 0.6 is 15.9 Å². The summed E-state index contributed by atoms with van der Waals surface area (Å²) in [5.41, 5.74) is 2.73. The third-order valence-electron chi connectivity index (χ3n) is 3.52. The number of rotatable bonds is 7. The van der Waals surface area contributed by atoms with Gasteiger partial charge in [0.05, 0.1) is 19.9 Å². The zero-order valence-electron chi connectivity index (χ0n) is 14.0. The Kier molecular flexibility index (Phi) is 6.49. The Morgan fingerprint density at radius 2 is 1.92 bits per heavy atom. The SMILES string of the molecule is COc1ccc(OC)c(NC(=O)CCNc2ccc(Br)c(C)c2)c1. The summed E-state index contributed by atoms with van der Waals surface area (Å²) in [4.78, 5) is 12.1. The zero-order valence-corrected chi connectivity index (χ0v) is 15.6. The highest BCUT2D eigenvalue weighted by Gasteiger charge is 2.09. The fourth-order valence-corrected chi connectivity index (χ4v) is 2.45. The lowest BCUT2D eigenvalue weighted by Gasteiger charge is -2.12. The molecular formula is C18H21BrN2O3. The maximum absolute atomic E-state index is 12.1. The maximum Gasteiger partial charge on any atom is 0.226 e. The predicted molar refractivity (Wildman–Crippen MR) is 100 cm³/mol. The molecule has 0 aromatic heterocycles. The molecule has 0 unspecified atom stereocenters. The first-order chi connectivity index (χ1) is 11.5. The molecule has 0 fully saturated rings. The summed E-state index contributed by atoms with van der Waals surface area (Å²) in [5, 5.41) is 6.09. The number of carbonyl (C=O) groups is 1. The third kappa shape index (κ3) is 4.89. The Bertz CT molecular complexity index is 719. The van der Waals surface area contributed by atoms with E-state index in [4.69, 9.17) is 9.47 Å². The molecular weight excluding hydrogens is 372 g/mol. The molecule has 0 bridgehead atoms. The van der Waals surface area contributed by atoms with Crippen LogP contribution in [0.1, 0.15) is 12.0 Å². The van der Waals surface area contributed by atoms with Crippen molar-refractivity contribution in [1.29, 1.82) is 0 Å². The van der Waals surface area contributed by atoms with Crippen LogP contribution in [0.15, 0.2) is 40.9 Å². The van der Waals surface area contributed by atoms with Gasteiger partial charge in [-0.2, -0.15) is 0 Å². The van der Waals surface area contributed by atoms with Crippen LogP contribution < -0.4 is 20.1 Å². The van der Waals surface area contributed by atoms with Gasteiger partial charge in [0, 0.05) is 29.2 Å². The van der Waals surface area contributed by atoms with Crippen LogP contribution in [0, 0.1) is 6.92 Å². The number of nitrogens with one attached hydrogen (secondary N) is 2. The Hall–Kier alpha value is -2.21. The first-order valence-electron chi connectivity index (χ1n) is 7.55. The number of benzene rings is 2. The molecule has 2 N–H and O–H groups in total. The largest absolute Gasteiger partial charge is 0.497 e. The van der Waals surface area contributed by atoms with Crippen molar-refractivity contribution in [1.82, 2.24) is 0 Å². The number of amides is 1. The van der Waals surface area contributed by atoms with Gasteiger partial charge < -0.3 is 20.1 Å². The van der Waals surface area contributed by atoms with Gasteiger partial charge in [0.15, 0.2) is 0 Å². The van der Waals surface area contributed by atoms with Crippen molar-refractivity contribution in [2.75, 3.05) is 31.4 Å². The number of hydrogen-bond donors (Lipinski definition) is 2. The van der Waals surface area contributed by atoms with Gasteiger partial charge >= 0.3 is 0 Å². The molecule has 0 saturated carbocycles. The van der Waals surface area contributed by atoms with Gasteiger partial charge in [0.2, 0.25) is 5.91 Å². The van der Waals surface area contributed by atoms with Gasteiger partial charge in [0.25, 0.3) is 0 Å². The highest BCUT2D eigenvalue weighted by molar-refractivity contribution is 9.10. The Labute approximate surface area is 150 Å². The van der Waals surface area contributed by atoms with Crippen LogP contribution in [-0.4, -0.2) is 26.7 Å². The van der Waals surface area contributed by atoms with Gasteiger partial charge in [-0.15, -0.1) is 0 Å². The third-order valence-corrected chi connectivity index (χ3v) is 4.41. The van der Waals surface area contributed by atoms with Gasteiger partial charge in [-0.05, 0) is 42.8 Å². The van der Waals surface area contributed by atoms with Crippen molar-refractivity contribution in [2.24, 2.45) is 0 Å². The van der Waals surface area contributed by atoms with Crippen LogP contribution in [0.25, 0.3) is 0 Å². The normalized spacial score (nSPS) is 10.2. The van der Waals surface area contributed by atoms with Crippen LogP contribution in [0.2, 0.25) is 0 Å². The summed E-state index contributed by atoms with van der Waals surface area (Å²) in [6, 6.07) is 11.3. The zero-order chi connectivity index (χ0) is 17.5. The van der Waals surface area contributed by atoms with Gasteiger partial charge in [0.1, 0.15) is 11.5 Å². The molecule has 0 spiro atoms. The molecule has 128 valence electrons. The van der Waals surface area contributed by atoms with E-state index >= 15 is 0 Å². The minimum Gasteiger partial charge on any atom is -0.497 e. The minimum absolute atomic E-state index is 0.0945. The molecule has 24 heavy (non-hydrogen) atoms. The number of anilines is 2. The quantitative estimate of drug-likeness (QED) is 0.740. The molecule has 5 nitrogen and oxygen atoms in total. The van der Waals surface area contributed by atoms with Crippen molar-refractivity contribution in [3.05, 3.63) is 46.4 Å². The van der Waals surface area contributed by atoms with E-state index in [1.807, 2.05) is 25.1 Å².